The van der Waals surface area contributed by atoms with Crippen molar-refractivity contribution in [3.63, 3.8) is 0 Å². The molecule has 31 heavy (non-hydrogen) atoms. The molecule has 1 aromatic rings. The number of carbonyl (C=O) groups is 1. The Hall–Kier alpha value is -1.82. The van der Waals surface area contributed by atoms with Crippen LogP contribution in [0.3, 0.4) is 0 Å². The monoisotopic (exact) mass is 447 g/mol. The van der Waals surface area contributed by atoms with E-state index in [0.717, 1.165) is 44.1 Å². The summed E-state index contributed by atoms with van der Waals surface area (Å²) in [4.78, 5) is 15.7. The Morgan fingerprint density at radius 1 is 1.13 bits per heavy atom. The van der Waals surface area contributed by atoms with Crippen LogP contribution in [0.5, 0.6) is 0 Å². The minimum Gasteiger partial charge on any atom is -0.444 e. The van der Waals surface area contributed by atoms with E-state index in [1.54, 1.807) is 24.3 Å². The third-order valence-corrected chi connectivity index (χ3v) is 8.33. The number of nitrogens with zero attached hydrogens (tertiary/aromatic N) is 1. The maximum atomic E-state index is 13.4. The fourth-order valence-electron chi connectivity index (χ4n) is 5.32. The molecule has 2 aliphatic rings. The molecule has 2 fully saturated rings. The number of likely N-dealkylation sites (tertiary alicyclic amines) is 1. The standard InChI is InChI=1S/C25H37NO4S/c1-19(2)17-21-14-16-25(26(21)23(27)30-24(3,4)5)15-10-9-11-20(25)18-31(28,29)22-12-7-6-8-13-22/h6-8,12-13,17,20-21H,9-11,14-16,18H2,1-5H3/t20-,21-,25-/m0/s1. The van der Waals surface area contributed by atoms with Gasteiger partial charge in [-0.3, -0.25) is 4.90 Å². The Morgan fingerprint density at radius 2 is 1.81 bits per heavy atom. The van der Waals surface area contributed by atoms with E-state index in [2.05, 4.69) is 6.08 Å². The lowest BCUT2D eigenvalue weighted by atomic mass is 9.72. The third-order valence-electron chi connectivity index (χ3n) is 6.50. The summed E-state index contributed by atoms with van der Waals surface area (Å²) < 4.78 is 32.3. The van der Waals surface area contributed by atoms with Gasteiger partial charge < -0.3 is 4.74 Å². The van der Waals surface area contributed by atoms with Crippen molar-refractivity contribution in [3.05, 3.63) is 42.0 Å². The molecule has 1 saturated heterocycles. The predicted molar refractivity (Wildman–Crippen MR) is 124 cm³/mol. The summed E-state index contributed by atoms with van der Waals surface area (Å²) in [5.41, 5.74) is 0.0790. The summed E-state index contributed by atoms with van der Waals surface area (Å²) in [7, 11) is -3.44. The normalized spacial score (nSPS) is 26.7. The Morgan fingerprint density at radius 3 is 2.42 bits per heavy atom. The van der Waals surface area contributed by atoms with Gasteiger partial charge in [-0.05, 0) is 78.4 Å². The van der Waals surface area contributed by atoms with Gasteiger partial charge in [0.2, 0.25) is 0 Å². The van der Waals surface area contributed by atoms with Crippen molar-refractivity contribution < 1.29 is 17.9 Å². The molecule has 1 aromatic carbocycles. The maximum Gasteiger partial charge on any atom is 0.411 e. The Labute approximate surface area is 187 Å². The third kappa shape index (κ3) is 5.33. The molecule has 5 nitrogen and oxygen atoms in total. The number of rotatable bonds is 4. The first-order valence-electron chi connectivity index (χ1n) is 11.4. The molecule has 1 amide bonds. The van der Waals surface area contributed by atoms with Gasteiger partial charge in [0.15, 0.2) is 9.84 Å². The molecule has 0 bridgehead atoms. The highest BCUT2D eigenvalue weighted by atomic mass is 32.2. The minimum absolute atomic E-state index is 0.0557. The summed E-state index contributed by atoms with van der Waals surface area (Å²) >= 11 is 0. The van der Waals surface area contributed by atoms with Crippen LogP contribution in [0.15, 0.2) is 46.9 Å². The number of sulfone groups is 1. The highest BCUT2D eigenvalue weighted by Gasteiger charge is 2.55. The van der Waals surface area contributed by atoms with E-state index in [4.69, 9.17) is 4.74 Å². The fraction of sp³-hybridized carbons (Fsp3) is 0.640. The number of benzene rings is 1. The first-order chi connectivity index (χ1) is 14.4. The summed E-state index contributed by atoms with van der Waals surface area (Å²) in [6.45, 7) is 9.71. The van der Waals surface area contributed by atoms with E-state index in [1.807, 2.05) is 45.6 Å². The average Bonchev–Trinajstić information content (AvgIpc) is 3.01. The van der Waals surface area contributed by atoms with Crippen LogP contribution in [0.4, 0.5) is 4.79 Å². The maximum absolute atomic E-state index is 13.4. The molecule has 1 heterocycles. The van der Waals surface area contributed by atoms with E-state index in [1.165, 1.54) is 0 Å². The van der Waals surface area contributed by atoms with Crippen LogP contribution in [0.2, 0.25) is 0 Å². The molecule has 0 aromatic heterocycles. The average molecular weight is 448 g/mol. The Bertz CT molecular complexity index is 913. The van der Waals surface area contributed by atoms with Crippen LogP contribution in [0, 0.1) is 5.92 Å². The topological polar surface area (TPSA) is 63.7 Å². The largest absolute Gasteiger partial charge is 0.444 e. The van der Waals surface area contributed by atoms with E-state index in [9.17, 15) is 13.2 Å². The van der Waals surface area contributed by atoms with Gasteiger partial charge in [0.1, 0.15) is 5.60 Å². The van der Waals surface area contributed by atoms with Crippen molar-refractivity contribution in [1.29, 1.82) is 0 Å². The van der Waals surface area contributed by atoms with Crippen molar-refractivity contribution in [3.8, 4) is 0 Å². The first kappa shape index (κ1) is 23.8. The molecule has 0 N–H and O–H groups in total. The van der Waals surface area contributed by atoms with Gasteiger partial charge in [-0.2, -0.15) is 0 Å². The second-order valence-electron chi connectivity index (χ2n) is 10.3. The predicted octanol–water partition coefficient (Wildman–Crippen LogP) is 5.76. The SMILES string of the molecule is CC(C)=C[C@@H]1CC[C@]2(CCCC[C@H]2CS(=O)(=O)c2ccccc2)N1C(=O)OC(C)(C)C. The zero-order valence-corrected chi connectivity index (χ0v) is 20.4. The number of hydrogen-bond acceptors (Lipinski definition) is 4. The first-order valence-corrected chi connectivity index (χ1v) is 13.0. The van der Waals surface area contributed by atoms with Crippen LogP contribution < -0.4 is 0 Å². The van der Waals surface area contributed by atoms with Crippen LogP contribution in [0.1, 0.15) is 73.1 Å². The van der Waals surface area contributed by atoms with E-state index in [0.29, 0.717) is 4.90 Å². The van der Waals surface area contributed by atoms with Crippen molar-refractivity contribution in [2.24, 2.45) is 5.92 Å². The lowest BCUT2D eigenvalue weighted by molar-refractivity contribution is -0.0196. The molecule has 6 heteroatoms. The van der Waals surface area contributed by atoms with Crippen molar-refractivity contribution in [2.75, 3.05) is 5.75 Å². The van der Waals surface area contributed by atoms with Gasteiger partial charge in [0.25, 0.3) is 0 Å². The molecular formula is C25H37NO4S. The summed E-state index contributed by atoms with van der Waals surface area (Å²) in [5, 5.41) is 0. The van der Waals surface area contributed by atoms with Crippen molar-refractivity contribution >= 4 is 15.9 Å². The fourth-order valence-corrected chi connectivity index (χ4v) is 7.09. The molecule has 0 unspecified atom stereocenters. The second kappa shape index (κ2) is 8.97. The molecule has 1 aliphatic carbocycles. The molecule has 1 aliphatic heterocycles. The molecule has 3 atom stereocenters. The highest BCUT2D eigenvalue weighted by molar-refractivity contribution is 7.91. The second-order valence-corrected chi connectivity index (χ2v) is 12.4. The molecule has 1 spiro atoms. The molecule has 3 rings (SSSR count). The molecule has 1 saturated carbocycles. The van der Waals surface area contributed by atoms with E-state index < -0.39 is 21.0 Å². The van der Waals surface area contributed by atoms with Gasteiger partial charge in [-0.25, -0.2) is 13.2 Å². The number of hydrogen-bond donors (Lipinski definition) is 0. The van der Waals surface area contributed by atoms with Crippen LogP contribution in [0.25, 0.3) is 0 Å². The number of amides is 1. The van der Waals surface area contributed by atoms with Crippen LogP contribution in [-0.2, 0) is 14.6 Å². The summed E-state index contributed by atoms with van der Waals surface area (Å²) in [6.07, 6.45) is 7.10. The van der Waals surface area contributed by atoms with Gasteiger partial charge in [-0.15, -0.1) is 0 Å². The lowest BCUT2D eigenvalue weighted by Gasteiger charge is -2.48. The van der Waals surface area contributed by atoms with Crippen LogP contribution in [-0.4, -0.2) is 42.3 Å². The van der Waals surface area contributed by atoms with Crippen molar-refractivity contribution in [1.82, 2.24) is 4.90 Å². The number of allylic oxidation sites excluding steroid dienone is 1. The smallest absolute Gasteiger partial charge is 0.411 e. The summed E-state index contributed by atoms with van der Waals surface area (Å²) in [6, 6.07) is 8.62. The number of ether oxygens (including phenoxy) is 1. The van der Waals surface area contributed by atoms with E-state index >= 15 is 0 Å². The zero-order chi connectivity index (χ0) is 22.9. The summed E-state index contributed by atoms with van der Waals surface area (Å²) in [5.74, 6) is -0.0350. The Balaban J connectivity index is 1.99. The van der Waals surface area contributed by atoms with Gasteiger partial charge >= 0.3 is 6.09 Å². The van der Waals surface area contributed by atoms with E-state index in [-0.39, 0.29) is 23.8 Å². The zero-order valence-electron chi connectivity index (χ0n) is 19.6. The lowest BCUT2D eigenvalue weighted by Crippen LogP contribution is -2.58. The van der Waals surface area contributed by atoms with Gasteiger partial charge in [-0.1, -0.05) is 42.7 Å². The van der Waals surface area contributed by atoms with Crippen LogP contribution >= 0.6 is 0 Å². The molecule has 0 radical (unpaired) electrons. The highest BCUT2D eigenvalue weighted by Crippen LogP contribution is 2.49. The molecule has 172 valence electrons. The molecular weight excluding hydrogens is 410 g/mol. The van der Waals surface area contributed by atoms with Gasteiger partial charge in [0.05, 0.1) is 22.2 Å². The quantitative estimate of drug-likeness (QED) is 0.551. The van der Waals surface area contributed by atoms with Crippen molar-refractivity contribution in [2.45, 2.75) is 95.2 Å². The number of carbonyl (C=O) groups excluding carboxylic acids is 1. The Kier molecular flexibility index (Phi) is 6.90. The minimum atomic E-state index is -3.44. The van der Waals surface area contributed by atoms with Gasteiger partial charge in [0, 0.05) is 0 Å².